The van der Waals surface area contributed by atoms with Crippen LogP contribution in [0, 0.1) is 0 Å². The van der Waals surface area contributed by atoms with Crippen LogP contribution in [0.25, 0.3) is 0 Å². The number of carboxylic acid groups (broad SMARTS) is 1. The maximum Gasteiger partial charge on any atom is 0.329 e. The predicted octanol–water partition coefficient (Wildman–Crippen LogP) is 0.648. The summed E-state index contributed by atoms with van der Waals surface area (Å²) in [5.74, 6) is -0.896. The molecule has 0 aromatic heterocycles. The Hall–Kier alpha value is -1.14. The summed E-state index contributed by atoms with van der Waals surface area (Å²) in [6, 6.07) is 0. The minimum atomic E-state index is -0.953. The summed E-state index contributed by atoms with van der Waals surface area (Å²) >= 11 is 0. The summed E-state index contributed by atoms with van der Waals surface area (Å²) < 4.78 is 10.8. The first kappa shape index (κ1) is 14.3. The summed E-state index contributed by atoms with van der Waals surface area (Å²) in [6.07, 6.45) is 3.03. The van der Waals surface area contributed by atoms with Crippen molar-refractivity contribution in [1.29, 1.82) is 0 Å². The van der Waals surface area contributed by atoms with Gasteiger partial charge in [0.05, 0.1) is 6.10 Å². The molecule has 1 N–H and O–H groups in total. The van der Waals surface area contributed by atoms with Gasteiger partial charge in [0.25, 0.3) is 5.91 Å². The third kappa shape index (κ3) is 3.45. The number of amides is 1. The molecule has 1 atom stereocenters. The highest BCUT2D eigenvalue weighted by Gasteiger charge is 2.41. The number of hydrogen-bond donors (Lipinski definition) is 1. The second-order valence-corrected chi connectivity index (χ2v) is 5.38. The molecule has 19 heavy (non-hydrogen) atoms. The molecular formula is C13H21NO5. The van der Waals surface area contributed by atoms with Gasteiger partial charge >= 0.3 is 5.97 Å². The Morgan fingerprint density at radius 3 is 2.63 bits per heavy atom. The van der Waals surface area contributed by atoms with E-state index in [1.54, 1.807) is 0 Å². The smallest absolute Gasteiger partial charge is 0.329 e. The Kier molecular flexibility index (Phi) is 4.42. The van der Waals surface area contributed by atoms with Crippen molar-refractivity contribution in [2.45, 2.75) is 44.3 Å². The molecule has 0 aromatic rings. The SMILES string of the molecule is CC1(C(=O)N2CCC(OCC(=O)O)CC2)CCCO1. The molecule has 2 aliphatic rings. The lowest BCUT2D eigenvalue weighted by molar-refractivity contribution is -0.155. The Bertz CT molecular complexity index is 343. The predicted molar refractivity (Wildman–Crippen MR) is 66.8 cm³/mol. The third-order valence-corrected chi connectivity index (χ3v) is 3.84. The zero-order valence-electron chi connectivity index (χ0n) is 11.3. The van der Waals surface area contributed by atoms with Gasteiger partial charge in [-0.25, -0.2) is 4.79 Å². The monoisotopic (exact) mass is 271 g/mol. The summed E-state index contributed by atoms with van der Waals surface area (Å²) in [4.78, 5) is 24.6. The quantitative estimate of drug-likeness (QED) is 0.812. The molecule has 0 aromatic carbocycles. The van der Waals surface area contributed by atoms with Gasteiger partial charge in [-0.3, -0.25) is 4.79 Å². The fourth-order valence-corrected chi connectivity index (χ4v) is 2.70. The molecular weight excluding hydrogens is 250 g/mol. The molecule has 1 unspecified atom stereocenters. The largest absolute Gasteiger partial charge is 0.480 e. The average molecular weight is 271 g/mol. The molecule has 2 saturated heterocycles. The van der Waals surface area contributed by atoms with E-state index in [9.17, 15) is 9.59 Å². The van der Waals surface area contributed by atoms with Crippen molar-refractivity contribution in [2.24, 2.45) is 0 Å². The van der Waals surface area contributed by atoms with Gasteiger partial charge in [0.2, 0.25) is 0 Å². The highest BCUT2D eigenvalue weighted by Crippen LogP contribution is 2.28. The van der Waals surface area contributed by atoms with Crippen molar-refractivity contribution in [3.63, 3.8) is 0 Å². The van der Waals surface area contributed by atoms with Crippen LogP contribution in [0.3, 0.4) is 0 Å². The van der Waals surface area contributed by atoms with Crippen LogP contribution >= 0.6 is 0 Å². The maximum absolute atomic E-state index is 12.4. The van der Waals surface area contributed by atoms with Crippen LogP contribution in [0.1, 0.15) is 32.6 Å². The fraction of sp³-hybridized carbons (Fsp3) is 0.846. The number of aliphatic carboxylic acids is 1. The highest BCUT2D eigenvalue weighted by molar-refractivity contribution is 5.85. The van der Waals surface area contributed by atoms with Gasteiger partial charge in [0, 0.05) is 19.7 Å². The summed E-state index contributed by atoms with van der Waals surface area (Å²) in [7, 11) is 0. The molecule has 0 bridgehead atoms. The van der Waals surface area contributed by atoms with Gasteiger partial charge in [-0.1, -0.05) is 0 Å². The first-order valence-corrected chi connectivity index (χ1v) is 6.78. The molecule has 2 aliphatic heterocycles. The number of likely N-dealkylation sites (tertiary alicyclic amines) is 1. The maximum atomic E-state index is 12.4. The van der Waals surface area contributed by atoms with Gasteiger partial charge in [-0.05, 0) is 32.6 Å². The van der Waals surface area contributed by atoms with Crippen molar-refractivity contribution < 1.29 is 24.2 Å². The Balaban J connectivity index is 1.79. The molecule has 0 spiro atoms. The zero-order chi connectivity index (χ0) is 13.9. The standard InChI is InChI=1S/C13H21NO5/c1-13(5-2-8-19-13)12(17)14-6-3-10(4-7-14)18-9-11(15)16/h10H,2-9H2,1H3,(H,15,16). The second kappa shape index (κ2) is 5.88. The molecule has 0 radical (unpaired) electrons. The van der Waals surface area contributed by atoms with E-state index >= 15 is 0 Å². The molecule has 6 heteroatoms. The van der Waals surface area contributed by atoms with Crippen LogP contribution in [0.15, 0.2) is 0 Å². The number of carbonyl (C=O) groups excluding carboxylic acids is 1. The number of piperidine rings is 1. The lowest BCUT2D eigenvalue weighted by Gasteiger charge is -2.36. The van der Waals surface area contributed by atoms with Crippen LogP contribution in [0.5, 0.6) is 0 Å². The van der Waals surface area contributed by atoms with E-state index in [1.165, 1.54) is 0 Å². The zero-order valence-corrected chi connectivity index (χ0v) is 11.3. The van der Waals surface area contributed by atoms with Crippen LogP contribution in [0.4, 0.5) is 0 Å². The van der Waals surface area contributed by atoms with Gasteiger partial charge < -0.3 is 19.5 Å². The Labute approximate surface area is 112 Å². The number of carboxylic acids is 1. The molecule has 1 amide bonds. The van der Waals surface area contributed by atoms with E-state index in [0.29, 0.717) is 32.5 Å². The van der Waals surface area contributed by atoms with Crippen LogP contribution < -0.4 is 0 Å². The second-order valence-electron chi connectivity index (χ2n) is 5.38. The molecule has 108 valence electrons. The summed E-state index contributed by atoms with van der Waals surface area (Å²) in [5, 5.41) is 8.56. The molecule has 0 aliphatic carbocycles. The first-order valence-electron chi connectivity index (χ1n) is 6.78. The van der Waals surface area contributed by atoms with Gasteiger partial charge in [0.15, 0.2) is 0 Å². The molecule has 0 saturated carbocycles. The van der Waals surface area contributed by atoms with E-state index in [-0.39, 0.29) is 18.6 Å². The van der Waals surface area contributed by atoms with Crippen LogP contribution in [-0.2, 0) is 19.1 Å². The van der Waals surface area contributed by atoms with Crippen molar-refractivity contribution in [3.8, 4) is 0 Å². The van der Waals surface area contributed by atoms with Gasteiger partial charge in [-0.15, -0.1) is 0 Å². The molecule has 2 heterocycles. The topological polar surface area (TPSA) is 76.1 Å². The lowest BCUT2D eigenvalue weighted by atomic mass is 9.98. The van der Waals surface area contributed by atoms with Crippen LogP contribution in [-0.4, -0.2) is 59.9 Å². The van der Waals surface area contributed by atoms with Gasteiger partial charge in [-0.2, -0.15) is 0 Å². The Morgan fingerprint density at radius 1 is 1.42 bits per heavy atom. The van der Waals surface area contributed by atoms with E-state index in [4.69, 9.17) is 14.6 Å². The van der Waals surface area contributed by atoms with E-state index < -0.39 is 11.6 Å². The lowest BCUT2D eigenvalue weighted by Crippen LogP contribution is -2.50. The first-order chi connectivity index (χ1) is 9.01. The fourth-order valence-electron chi connectivity index (χ4n) is 2.70. The molecule has 6 nitrogen and oxygen atoms in total. The van der Waals surface area contributed by atoms with E-state index in [1.807, 2.05) is 11.8 Å². The summed E-state index contributed by atoms with van der Waals surface area (Å²) in [6.45, 7) is 3.47. The van der Waals surface area contributed by atoms with E-state index in [2.05, 4.69) is 0 Å². The van der Waals surface area contributed by atoms with Crippen molar-refractivity contribution in [3.05, 3.63) is 0 Å². The molecule has 2 rings (SSSR count). The van der Waals surface area contributed by atoms with Crippen molar-refractivity contribution in [2.75, 3.05) is 26.3 Å². The molecule has 2 fully saturated rings. The number of nitrogens with zero attached hydrogens (tertiary/aromatic N) is 1. The number of carbonyl (C=O) groups is 2. The minimum absolute atomic E-state index is 0.0571. The van der Waals surface area contributed by atoms with Crippen molar-refractivity contribution in [1.82, 2.24) is 4.90 Å². The van der Waals surface area contributed by atoms with Crippen molar-refractivity contribution >= 4 is 11.9 Å². The number of hydrogen-bond acceptors (Lipinski definition) is 4. The number of rotatable bonds is 4. The van der Waals surface area contributed by atoms with E-state index in [0.717, 1.165) is 12.8 Å². The van der Waals surface area contributed by atoms with Crippen LogP contribution in [0.2, 0.25) is 0 Å². The highest BCUT2D eigenvalue weighted by atomic mass is 16.5. The summed E-state index contributed by atoms with van der Waals surface area (Å²) in [5.41, 5.74) is -0.658. The number of ether oxygens (including phenoxy) is 2. The normalized spacial score (nSPS) is 28.6. The minimum Gasteiger partial charge on any atom is -0.480 e. The Morgan fingerprint density at radius 2 is 2.11 bits per heavy atom. The third-order valence-electron chi connectivity index (χ3n) is 3.84. The average Bonchev–Trinajstić information content (AvgIpc) is 2.84. The van der Waals surface area contributed by atoms with Gasteiger partial charge in [0.1, 0.15) is 12.2 Å².